The van der Waals surface area contributed by atoms with E-state index in [-0.39, 0.29) is 6.90 Å². The molecule has 0 saturated heterocycles. The van der Waals surface area contributed by atoms with Crippen molar-refractivity contribution in [3.05, 3.63) is 0 Å². The minimum Gasteiger partial charge on any atom is -0.412 e. The summed E-state index contributed by atoms with van der Waals surface area (Å²) in [4.78, 5) is 0. The van der Waals surface area contributed by atoms with E-state index >= 15 is 0 Å². The van der Waals surface area contributed by atoms with Gasteiger partial charge in [0.05, 0.1) is 6.10 Å². The maximum atomic E-state index is 5.92. The molecule has 2 fully saturated rings. The third kappa shape index (κ3) is 3.95. The van der Waals surface area contributed by atoms with Crippen LogP contribution in [0, 0.1) is 29.6 Å². The van der Waals surface area contributed by atoms with Crippen molar-refractivity contribution in [2.75, 3.05) is 6.61 Å². The van der Waals surface area contributed by atoms with Gasteiger partial charge in [0.1, 0.15) is 0 Å². The van der Waals surface area contributed by atoms with Crippen LogP contribution in [-0.4, -0.2) is 18.2 Å². The fourth-order valence-corrected chi connectivity index (χ4v) is 4.44. The summed E-state index contributed by atoms with van der Waals surface area (Å²) in [6, 6.07) is 0. The lowest BCUT2D eigenvalue weighted by Gasteiger charge is -2.44. The van der Waals surface area contributed by atoms with Crippen molar-refractivity contribution in [3.8, 4) is 0 Å². The molecule has 2 aliphatic carbocycles. The first-order valence-electron chi connectivity index (χ1n) is 8.25. The standard InChI is InChI=1S/C17H32O.H2O.H2/c1-5-18-17-11-10-16(13(3)14(17)4)15-8-6-12(2)7-9-15;;/h12-17H,5-11H2,1-4H3;1H2;1H. The first-order valence-corrected chi connectivity index (χ1v) is 8.25. The molecule has 2 aliphatic rings. The Hall–Kier alpha value is -0.0800. The molecule has 116 valence electrons. The molecule has 2 nitrogen and oxygen atoms in total. The molecule has 0 aliphatic heterocycles. The molecular weight excluding hydrogens is 236 g/mol. The summed E-state index contributed by atoms with van der Waals surface area (Å²) in [6.07, 6.45) is 9.16. The van der Waals surface area contributed by atoms with E-state index in [1.54, 1.807) is 0 Å². The van der Waals surface area contributed by atoms with Crippen LogP contribution in [0.1, 0.15) is 67.6 Å². The molecule has 2 N–H and O–H groups in total. The van der Waals surface area contributed by atoms with Crippen molar-refractivity contribution in [2.45, 2.75) is 72.3 Å². The van der Waals surface area contributed by atoms with Crippen LogP contribution < -0.4 is 0 Å². The molecule has 0 amide bonds. The molecule has 0 radical (unpaired) electrons. The van der Waals surface area contributed by atoms with E-state index < -0.39 is 0 Å². The molecule has 4 atom stereocenters. The summed E-state index contributed by atoms with van der Waals surface area (Å²) in [5.74, 6) is 4.58. The van der Waals surface area contributed by atoms with Crippen molar-refractivity contribution in [3.63, 3.8) is 0 Å². The van der Waals surface area contributed by atoms with Gasteiger partial charge in [-0.25, -0.2) is 0 Å². The highest BCUT2D eigenvalue weighted by Crippen LogP contribution is 2.45. The van der Waals surface area contributed by atoms with Crippen molar-refractivity contribution in [1.29, 1.82) is 0 Å². The van der Waals surface area contributed by atoms with Gasteiger partial charge in [0.15, 0.2) is 0 Å². The highest BCUT2D eigenvalue weighted by molar-refractivity contribution is 4.88. The third-order valence-corrected chi connectivity index (χ3v) is 5.92. The second-order valence-corrected chi connectivity index (χ2v) is 6.97. The first kappa shape index (κ1) is 17.0. The van der Waals surface area contributed by atoms with Gasteiger partial charge in [-0.1, -0.05) is 33.6 Å². The van der Waals surface area contributed by atoms with E-state index in [1.165, 1.54) is 38.5 Å². The summed E-state index contributed by atoms with van der Waals surface area (Å²) >= 11 is 0. The zero-order chi connectivity index (χ0) is 13.1. The molecule has 2 rings (SSSR count). The predicted octanol–water partition coefficient (Wildman–Crippen LogP) is 4.32. The lowest BCUT2D eigenvalue weighted by atomic mass is 9.63. The van der Waals surface area contributed by atoms with Gasteiger partial charge in [-0.15, -0.1) is 0 Å². The van der Waals surface area contributed by atoms with Crippen LogP contribution in [0.2, 0.25) is 0 Å². The summed E-state index contributed by atoms with van der Waals surface area (Å²) in [6.45, 7) is 10.3. The second-order valence-electron chi connectivity index (χ2n) is 6.97. The fourth-order valence-electron chi connectivity index (χ4n) is 4.44. The third-order valence-electron chi connectivity index (χ3n) is 5.92. The van der Waals surface area contributed by atoms with Gasteiger partial charge in [0.25, 0.3) is 0 Å². The lowest BCUT2D eigenvalue weighted by molar-refractivity contribution is -0.0508. The predicted molar refractivity (Wildman–Crippen MR) is 83.3 cm³/mol. The van der Waals surface area contributed by atoms with E-state index in [2.05, 4.69) is 27.7 Å². The van der Waals surface area contributed by atoms with Gasteiger partial charge in [-0.3, -0.25) is 0 Å². The Bertz CT molecular complexity index is 251. The number of rotatable bonds is 3. The Morgan fingerprint density at radius 2 is 1.53 bits per heavy atom. The fraction of sp³-hybridized carbons (Fsp3) is 1.00. The summed E-state index contributed by atoms with van der Waals surface area (Å²) < 4.78 is 5.92. The molecule has 0 aromatic carbocycles. The Balaban J connectivity index is 0.00000180. The number of hydrogen-bond donors (Lipinski definition) is 0. The largest absolute Gasteiger partial charge is 0.412 e. The average Bonchev–Trinajstić information content (AvgIpc) is 2.37. The van der Waals surface area contributed by atoms with Crippen LogP contribution in [0.4, 0.5) is 0 Å². The molecular formula is C17H36O2. The Labute approximate surface area is 121 Å². The zero-order valence-electron chi connectivity index (χ0n) is 13.3. The van der Waals surface area contributed by atoms with Crippen molar-refractivity contribution < 1.29 is 11.6 Å². The quantitative estimate of drug-likeness (QED) is 0.754. The van der Waals surface area contributed by atoms with Gasteiger partial charge >= 0.3 is 0 Å². The van der Waals surface area contributed by atoms with Crippen LogP contribution in [0.25, 0.3) is 0 Å². The van der Waals surface area contributed by atoms with E-state index in [1.807, 2.05) is 0 Å². The van der Waals surface area contributed by atoms with Crippen LogP contribution in [0.5, 0.6) is 0 Å². The topological polar surface area (TPSA) is 40.7 Å². The number of ether oxygens (including phenoxy) is 1. The second kappa shape index (κ2) is 7.64. The molecule has 19 heavy (non-hydrogen) atoms. The van der Waals surface area contributed by atoms with Crippen molar-refractivity contribution in [2.24, 2.45) is 29.6 Å². The van der Waals surface area contributed by atoms with Crippen molar-refractivity contribution in [1.82, 2.24) is 0 Å². The summed E-state index contributed by atoms with van der Waals surface area (Å²) in [5.41, 5.74) is 0. The van der Waals surface area contributed by atoms with E-state index in [9.17, 15) is 0 Å². The minimum absolute atomic E-state index is 0. The van der Waals surface area contributed by atoms with Gasteiger partial charge < -0.3 is 10.2 Å². The zero-order valence-corrected chi connectivity index (χ0v) is 13.3. The maximum Gasteiger partial charge on any atom is 0.0603 e. The van der Waals surface area contributed by atoms with Gasteiger partial charge in [0.2, 0.25) is 0 Å². The van der Waals surface area contributed by atoms with Crippen LogP contribution in [0.3, 0.4) is 0 Å². The van der Waals surface area contributed by atoms with Crippen LogP contribution in [0.15, 0.2) is 0 Å². The summed E-state index contributed by atoms with van der Waals surface area (Å²) in [7, 11) is 0. The molecule has 2 saturated carbocycles. The maximum absolute atomic E-state index is 5.92. The van der Waals surface area contributed by atoms with Gasteiger partial charge in [0, 0.05) is 8.03 Å². The highest BCUT2D eigenvalue weighted by Gasteiger charge is 2.38. The average molecular weight is 272 g/mol. The molecule has 0 heterocycles. The molecule has 0 aromatic heterocycles. The first-order chi connectivity index (χ1) is 8.63. The monoisotopic (exact) mass is 272 g/mol. The smallest absolute Gasteiger partial charge is 0.0603 e. The molecule has 0 spiro atoms. The summed E-state index contributed by atoms with van der Waals surface area (Å²) in [5, 5.41) is 0. The molecule has 2 heteroatoms. The minimum atomic E-state index is 0. The SMILES string of the molecule is CCOC1CCC(C2CCC(C)CC2)C(C)C1C.O.[HH]. The highest BCUT2D eigenvalue weighted by atomic mass is 16.5. The normalized spacial score (nSPS) is 43.6. The molecule has 0 aromatic rings. The Kier molecular flexibility index (Phi) is 6.82. The van der Waals surface area contributed by atoms with Crippen LogP contribution >= 0.6 is 0 Å². The van der Waals surface area contributed by atoms with E-state index in [0.29, 0.717) is 6.10 Å². The van der Waals surface area contributed by atoms with Gasteiger partial charge in [-0.05, 0) is 62.2 Å². The van der Waals surface area contributed by atoms with E-state index in [0.717, 1.165) is 36.2 Å². The Morgan fingerprint density at radius 1 is 0.895 bits per heavy atom. The number of hydrogen-bond acceptors (Lipinski definition) is 1. The van der Waals surface area contributed by atoms with Gasteiger partial charge in [-0.2, -0.15) is 0 Å². The molecule has 4 unspecified atom stereocenters. The Morgan fingerprint density at radius 3 is 2.11 bits per heavy atom. The molecule has 0 bridgehead atoms. The van der Waals surface area contributed by atoms with E-state index in [4.69, 9.17) is 4.74 Å². The van der Waals surface area contributed by atoms with Crippen LogP contribution in [-0.2, 0) is 4.74 Å². The van der Waals surface area contributed by atoms with Crippen molar-refractivity contribution >= 4 is 0 Å². The lowest BCUT2D eigenvalue weighted by Crippen LogP contribution is -2.40.